The lowest BCUT2D eigenvalue weighted by atomic mass is 10.1. The summed E-state index contributed by atoms with van der Waals surface area (Å²) in [6.45, 7) is 4.04. The number of aryl methyl sites for hydroxylation is 1. The Morgan fingerprint density at radius 1 is 1.46 bits per heavy atom. The molecule has 0 spiro atoms. The molecule has 0 aromatic carbocycles. The Labute approximate surface area is 79.6 Å². The van der Waals surface area contributed by atoms with Gasteiger partial charge in [-0.2, -0.15) is 0 Å². The summed E-state index contributed by atoms with van der Waals surface area (Å²) in [6.07, 6.45) is 2.32. The van der Waals surface area contributed by atoms with Crippen molar-refractivity contribution in [1.29, 1.82) is 0 Å². The summed E-state index contributed by atoms with van der Waals surface area (Å²) in [4.78, 5) is 4.34. The molecule has 0 aliphatic rings. The van der Waals surface area contributed by atoms with Crippen LogP contribution in [-0.4, -0.2) is 16.2 Å². The normalized spacial score (nSPS) is 12.8. The van der Waals surface area contributed by atoms with Crippen LogP contribution >= 0.6 is 0 Å². The topological polar surface area (TPSA) is 33.1 Å². The molecule has 2 nitrogen and oxygen atoms in total. The quantitative estimate of drug-likeness (QED) is 0.767. The van der Waals surface area contributed by atoms with Crippen LogP contribution in [0.1, 0.15) is 31.2 Å². The van der Waals surface area contributed by atoms with Crippen LogP contribution in [0.15, 0.2) is 18.2 Å². The molecule has 0 saturated heterocycles. The molecule has 0 amide bonds. The van der Waals surface area contributed by atoms with Crippen LogP contribution in [0.5, 0.6) is 0 Å². The third-order valence-electron chi connectivity index (χ3n) is 2.01. The van der Waals surface area contributed by atoms with Crippen LogP contribution in [0.2, 0.25) is 0 Å². The van der Waals surface area contributed by atoms with E-state index in [4.69, 9.17) is 0 Å². The summed E-state index contributed by atoms with van der Waals surface area (Å²) in [6, 6.07) is 5.91. The second-order valence-corrected chi connectivity index (χ2v) is 3.42. The number of rotatable bonds is 4. The van der Waals surface area contributed by atoms with Gasteiger partial charge in [-0.25, -0.2) is 0 Å². The molecule has 72 valence electrons. The lowest BCUT2D eigenvalue weighted by Crippen LogP contribution is -2.10. The van der Waals surface area contributed by atoms with Gasteiger partial charge >= 0.3 is 0 Å². The monoisotopic (exact) mass is 179 g/mol. The molecule has 0 saturated carbocycles. The predicted octanol–water partition coefficient (Wildman–Crippen LogP) is 2.09. The minimum absolute atomic E-state index is 0.237. The van der Waals surface area contributed by atoms with E-state index < -0.39 is 0 Å². The molecule has 1 N–H and O–H groups in total. The van der Waals surface area contributed by atoms with Crippen LogP contribution in [0.4, 0.5) is 0 Å². The van der Waals surface area contributed by atoms with Gasteiger partial charge in [0.1, 0.15) is 0 Å². The Morgan fingerprint density at radius 2 is 2.23 bits per heavy atom. The Bertz CT molecular complexity index is 260. The van der Waals surface area contributed by atoms with Crippen molar-refractivity contribution in [3.63, 3.8) is 0 Å². The van der Waals surface area contributed by atoms with E-state index in [0.717, 1.165) is 24.2 Å². The molecule has 1 unspecified atom stereocenters. The summed E-state index contributed by atoms with van der Waals surface area (Å²) in [7, 11) is 0. The summed E-state index contributed by atoms with van der Waals surface area (Å²) in [5.74, 6) is 0. The van der Waals surface area contributed by atoms with Crippen molar-refractivity contribution in [2.45, 2.75) is 39.2 Å². The van der Waals surface area contributed by atoms with Crippen LogP contribution in [-0.2, 0) is 6.42 Å². The molecule has 1 atom stereocenters. The highest BCUT2D eigenvalue weighted by Gasteiger charge is 2.04. The summed E-state index contributed by atoms with van der Waals surface area (Å²) >= 11 is 0. The van der Waals surface area contributed by atoms with E-state index in [-0.39, 0.29) is 6.10 Å². The zero-order valence-corrected chi connectivity index (χ0v) is 8.33. The molecular formula is C11H17NO. The Kier molecular flexibility index (Phi) is 3.90. The zero-order valence-electron chi connectivity index (χ0n) is 8.33. The third kappa shape index (κ3) is 3.55. The van der Waals surface area contributed by atoms with Crippen molar-refractivity contribution in [3.8, 4) is 0 Å². The standard InChI is InChI=1S/C11H17NO/c1-3-5-11(13)8-10-7-4-6-9(2)12-10/h4,6-7,11,13H,3,5,8H2,1-2H3. The highest BCUT2D eigenvalue weighted by molar-refractivity contribution is 5.10. The number of pyridine rings is 1. The fourth-order valence-electron chi connectivity index (χ4n) is 1.39. The molecule has 1 heterocycles. The SMILES string of the molecule is CCCC(O)Cc1cccc(C)n1. The average molecular weight is 179 g/mol. The number of aromatic nitrogens is 1. The first kappa shape index (κ1) is 10.2. The number of nitrogens with zero attached hydrogens (tertiary/aromatic N) is 1. The fourth-order valence-corrected chi connectivity index (χ4v) is 1.39. The third-order valence-corrected chi connectivity index (χ3v) is 2.01. The van der Waals surface area contributed by atoms with Gasteiger partial charge in [-0.1, -0.05) is 19.4 Å². The van der Waals surface area contributed by atoms with Crippen molar-refractivity contribution in [2.24, 2.45) is 0 Å². The minimum Gasteiger partial charge on any atom is -0.393 e. The molecule has 0 aliphatic heterocycles. The maximum atomic E-state index is 9.55. The molecule has 1 rings (SSSR count). The highest BCUT2D eigenvalue weighted by atomic mass is 16.3. The van der Waals surface area contributed by atoms with E-state index in [9.17, 15) is 5.11 Å². The van der Waals surface area contributed by atoms with E-state index in [2.05, 4.69) is 11.9 Å². The predicted molar refractivity (Wildman–Crippen MR) is 53.6 cm³/mol. The van der Waals surface area contributed by atoms with Gasteiger partial charge in [0.05, 0.1) is 6.10 Å². The van der Waals surface area contributed by atoms with Gasteiger partial charge in [-0.05, 0) is 25.5 Å². The van der Waals surface area contributed by atoms with Gasteiger partial charge in [0.25, 0.3) is 0 Å². The number of hydrogen-bond donors (Lipinski definition) is 1. The van der Waals surface area contributed by atoms with Crippen LogP contribution < -0.4 is 0 Å². The Morgan fingerprint density at radius 3 is 2.85 bits per heavy atom. The van der Waals surface area contributed by atoms with Crippen molar-refractivity contribution in [1.82, 2.24) is 4.98 Å². The number of aliphatic hydroxyl groups is 1. The summed E-state index contributed by atoms with van der Waals surface area (Å²) < 4.78 is 0. The first-order valence-electron chi connectivity index (χ1n) is 4.83. The van der Waals surface area contributed by atoms with Gasteiger partial charge < -0.3 is 5.11 Å². The van der Waals surface area contributed by atoms with Crippen molar-refractivity contribution in [3.05, 3.63) is 29.6 Å². The lowest BCUT2D eigenvalue weighted by Gasteiger charge is -2.08. The van der Waals surface area contributed by atoms with Crippen molar-refractivity contribution in [2.75, 3.05) is 0 Å². The summed E-state index contributed by atoms with van der Waals surface area (Å²) in [5, 5.41) is 9.55. The van der Waals surface area contributed by atoms with E-state index >= 15 is 0 Å². The molecule has 2 heteroatoms. The smallest absolute Gasteiger partial charge is 0.0595 e. The van der Waals surface area contributed by atoms with Crippen LogP contribution in [0.25, 0.3) is 0 Å². The Hall–Kier alpha value is -0.890. The van der Waals surface area contributed by atoms with Crippen molar-refractivity contribution < 1.29 is 5.11 Å². The number of aliphatic hydroxyl groups excluding tert-OH is 1. The van der Waals surface area contributed by atoms with Gasteiger partial charge in [0.15, 0.2) is 0 Å². The zero-order chi connectivity index (χ0) is 9.68. The summed E-state index contributed by atoms with van der Waals surface area (Å²) in [5.41, 5.74) is 2.00. The molecule has 0 radical (unpaired) electrons. The largest absolute Gasteiger partial charge is 0.393 e. The molecule has 1 aromatic heterocycles. The maximum Gasteiger partial charge on any atom is 0.0595 e. The van der Waals surface area contributed by atoms with Gasteiger partial charge in [0.2, 0.25) is 0 Å². The second-order valence-electron chi connectivity index (χ2n) is 3.42. The second kappa shape index (κ2) is 4.97. The van der Waals surface area contributed by atoms with E-state index in [0.29, 0.717) is 6.42 Å². The van der Waals surface area contributed by atoms with Crippen LogP contribution in [0, 0.1) is 6.92 Å². The minimum atomic E-state index is -0.237. The van der Waals surface area contributed by atoms with Crippen LogP contribution in [0.3, 0.4) is 0 Å². The first-order chi connectivity index (χ1) is 6.22. The van der Waals surface area contributed by atoms with Gasteiger partial charge in [0, 0.05) is 17.8 Å². The molecule has 0 bridgehead atoms. The van der Waals surface area contributed by atoms with E-state index in [1.165, 1.54) is 0 Å². The number of hydrogen-bond acceptors (Lipinski definition) is 2. The maximum absolute atomic E-state index is 9.55. The molecule has 13 heavy (non-hydrogen) atoms. The lowest BCUT2D eigenvalue weighted by molar-refractivity contribution is 0.162. The van der Waals surface area contributed by atoms with E-state index in [1.807, 2.05) is 25.1 Å². The first-order valence-corrected chi connectivity index (χ1v) is 4.83. The van der Waals surface area contributed by atoms with Crippen molar-refractivity contribution >= 4 is 0 Å². The van der Waals surface area contributed by atoms with Gasteiger partial charge in [-0.3, -0.25) is 4.98 Å². The molecule has 0 aliphatic carbocycles. The average Bonchev–Trinajstić information content (AvgIpc) is 2.04. The van der Waals surface area contributed by atoms with E-state index in [1.54, 1.807) is 0 Å². The fraction of sp³-hybridized carbons (Fsp3) is 0.545. The highest BCUT2D eigenvalue weighted by Crippen LogP contribution is 2.05. The molecule has 1 aromatic rings. The Balaban J connectivity index is 2.53. The molecule has 0 fully saturated rings. The van der Waals surface area contributed by atoms with Gasteiger partial charge in [-0.15, -0.1) is 0 Å². The molecular weight excluding hydrogens is 162 g/mol.